The van der Waals surface area contributed by atoms with E-state index in [2.05, 4.69) is 69.4 Å². The fourth-order valence-corrected chi connectivity index (χ4v) is 4.60. The van der Waals surface area contributed by atoms with E-state index in [1.54, 1.807) is 0 Å². The first kappa shape index (κ1) is 14.5. The summed E-state index contributed by atoms with van der Waals surface area (Å²) in [4.78, 5) is 0. The van der Waals surface area contributed by atoms with Crippen LogP contribution in [0.15, 0.2) is 48.5 Å². The van der Waals surface area contributed by atoms with Crippen LogP contribution in [0, 0.1) is 7.14 Å². The molecule has 0 bridgehead atoms. The van der Waals surface area contributed by atoms with Gasteiger partial charge in [0.25, 0.3) is 0 Å². The first-order chi connectivity index (χ1) is 8.66. The van der Waals surface area contributed by atoms with Crippen LogP contribution in [-0.4, -0.2) is 4.21 Å². The summed E-state index contributed by atoms with van der Waals surface area (Å²) in [6, 6.07) is 16.2. The lowest BCUT2D eigenvalue weighted by atomic mass is 10.2. The van der Waals surface area contributed by atoms with Crippen molar-refractivity contribution in [2.75, 3.05) is 0 Å². The second kappa shape index (κ2) is 7.00. The van der Waals surface area contributed by atoms with Crippen molar-refractivity contribution >= 4 is 56.0 Å². The first-order valence-corrected chi connectivity index (χ1v) is 9.13. The average molecular weight is 482 g/mol. The van der Waals surface area contributed by atoms with E-state index in [-0.39, 0.29) is 0 Å². The molecule has 0 saturated heterocycles. The van der Waals surface area contributed by atoms with Gasteiger partial charge in [-0.15, -0.1) is 0 Å². The molecule has 0 spiro atoms. The van der Waals surface area contributed by atoms with Gasteiger partial charge in [0.15, 0.2) is 0 Å². The van der Waals surface area contributed by atoms with Crippen LogP contribution in [0.25, 0.3) is 0 Å². The van der Waals surface area contributed by atoms with E-state index >= 15 is 0 Å². The molecule has 1 nitrogen and oxygen atoms in total. The third-order valence-corrected chi connectivity index (χ3v) is 5.92. The van der Waals surface area contributed by atoms with Gasteiger partial charge in [0.05, 0.1) is 0 Å². The lowest BCUT2D eigenvalue weighted by Crippen LogP contribution is -2.02. The highest BCUT2D eigenvalue weighted by atomic mass is 127. The molecule has 4 heteroatoms. The zero-order valence-corrected chi connectivity index (χ0v) is 14.7. The van der Waals surface area contributed by atoms with Gasteiger partial charge in [-0.05, 0) is 68.4 Å². The summed E-state index contributed by atoms with van der Waals surface area (Å²) >= 11 is 4.59. The molecule has 0 fully saturated rings. The molecule has 0 aliphatic heterocycles. The van der Waals surface area contributed by atoms with Crippen LogP contribution in [-0.2, 0) is 22.3 Å². The Morgan fingerprint density at radius 1 is 0.778 bits per heavy atom. The molecule has 0 aromatic heterocycles. The fourth-order valence-electron chi connectivity index (χ4n) is 1.63. The second-order valence-corrected chi connectivity index (χ2v) is 7.69. The molecule has 2 rings (SSSR count). The topological polar surface area (TPSA) is 17.1 Å². The van der Waals surface area contributed by atoms with Crippen LogP contribution in [0.4, 0.5) is 0 Å². The highest BCUT2D eigenvalue weighted by Crippen LogP contribution is 2.17. The van der Waals surface area contributed by atoms with E-state index in [0.717, 1.165) is 0 Å². The molecular formula is C14H12I2OS. The highest BCUT2D eigenvalue weighted by Gasteiger charge is 2.07. The smallest absolute Gasteiger partial charge is 0.0499 e. The molecule has 94 valence electrons. The van der Waals surface area contributed by atoms with Crippen LogP contribution >= 0.6 is 45.2 Å². The minimum Gasteiger partial charge on any atom is -0.259 e. The normalized spacial score (nSPS) is 10.8. The number of rotatable bonds is 4. The molecule has 18 heavy (non-hydrogen) atoms. The predicted octanol–water partition coefficient (Wildman–Crippen LogP) is 4.34. The summed E-state index contributed by atoms with van der Waals surface area (Å²) in [5, 5.41) is 0. The Labute approximate surface area is 137 Å². The SMILES string of the molecule is O=S(Cc1ccccc1I)Cc1ccccc1I. The summed E-state index contributed by atoms with van der Waals surface area (Å²) in [7, 11) is -0.852. The van der Waals surface area contributed by atoms with Gasteiger partial charge in [0, 0.05) is 29.4 Å². The Balaban J connectivity index is 2.06. The van der Waals surface area contributed by atoms with E-state index in [9.17, 15) is 4.21 Å². The molecule has 0 radical (unpaired) electrons. The summed E-state index contributed by atoms with van der Waals surface area (Å²) in [6.45, 7) is 0. The number of benzene rings is 2. The van der Waals surface area contributed by atoms with Crippen LogP contribution in [0.2, 0.25) is 0 Å². The predicted molar refractivity (Wildman–Crippen MR) is 93.9 cm³/mol. The molecule has 0 amide bonds. The minimum atomic E-state index is -0.852. The van der Waals surface area contributed by atoms with Crippen LogP contribution in [0.1, 0.15) is 11.1 Å². The lowest BCUT2D eigenvalue weighted by Gasteiger charge is -2.06. The molecular weight excluding hydrogens is 470 g/mol. The Bertz CT molecular complexity index is 520. The Hall–Kier alpha value is 0.0500. The maximum Gasteiger partial charge on any atom is 0.0499 e. The Morgan fingerprint density at radius 2 is 1.17 bits per heavy atom. The largest absolute Gasteiger partial charge is 0.259 e. The van der Waals surface area contributed by atoms with Crippen molar-refractivity contribution in [2.24, 2.45) is 0 Å². The third-order valence-electron chi connectivity index (χ3n) is 2.55. The number of hydrogen-bond acceptors (Lipinski definition) is 1. The van der Waals surface area contributed by atoms with Gasteiger partial charge >= 0.3 is 0 Å². The minimum absolute atomic E-state index is 0.629. The summed E-state index contributed by atoms with van der Waals surface area (Å²) in [6.07, 6.45) is 0. The highest BCUT2D eigenvalue weighted by molar-refractivity contribution is 14.1. The lowest BCUT2D eigenvalue weighted by molar-refractivity contribution is 0.682. The van der Waals surface area contributed by atoms with E-state index in [1.807, 2.05) is 24.3 Å². The van der Waals surface area contributed by atoms with Crippen LogP contribution in [0.3, 0.4) is 0 Å². The van der Waals surface area contributed by atoms with E-state index in [0.29, 0.717) is 11.5 Å². The number of halogens is 2. The molecule has 0 saturated carbocycles. The average Bonchev–Trinajstić information content (AvgIpc) is 2.35. The second-order valence-electron chi connectivity index (χ2n) is 3.91. The third kappa shape index (κ3) is 4.03. The van der Waals surface area contributed by atoms with E-state index in [1.165, 1.54) is 18.3 Å². The summed E-state index contributed by atoms with van der Waals surface area (Å²) in [5.74, 6) is 1.26. The fraction of sp³-hybridized carbons (Fsp3) is 0.143. The van der Waals surface area contributed by atoms with Crippen LogP contribution in [0.5, 0.6) is 0 Å². The van der Waals surface area contributed by atoms with Crippen molar-refractivity contribution in [3.05, 3.63) is 66.8 Å². The molecule has 0 heterocycles. The molecule has 0 aliphatic rings. The first-order valence-electron chi connectivity index (χ1n) is 5.48. The number of hydrogen-bond donors (Lipinski definition) is 0. The Kier molecular flexibility index (Phi) is 5.62. The summed E-state index contributed by atoms with van der Waals surface area (Å²) in [5.41, 5.74) is 2.34. The molecule has 0 unspecified atom stereocenters. The van der Waals surface area contributed by atoms with Gasteiger partial charge in [-0.1, -0.05) is 36.4 Å². The maximum atomic E-state index is 12.2. The van der Waals surface area contributed by atoms with Gasteiger partial charge in [-0.3, -0.25) is 4.21 Å². The van der Waals surface area contributed by atoms with E-state index in [4.69, 9.17) is 0 Å². The monoisotopic (exact) mass is 482 g/mol. The maximum absolute atomic E-state index is 12.2. The van der Waals surface area contributed by atoms with Crippen molar-refractivity contribution in [3.8, 4) is 0 Å². The molecule has 0 aliphatic carbocycles. The van der Waals surface area contributed by atoms with E-state index < -0.39 is 10.8 Å². The zero-order valence-electron chi connectivity index (χ0n) is 9.61. The Morgan fingerprint density at radius 3 is 1.56 bits per heavy atom. The van der Waals surface area contributed by atoms with Crippen molar-refractivity contribution in [2.45, 2.75) is 11.5 Å². The standard InChI is InChI=1S/C14H12I2OS/c15-13-7-3-1-5-11(13)9-18(17)10-12-6-2-4-8-14(12)16/h1-8H,9-10H2. The van der Waals surface area contributed by atoms with Crippen molar-refractivity contribution in [1.29, 1.82) is 0 Å². The van der Waals surface area contributed by atoms with Crippen LogP contribution < -0.4 is 0 Å². The van der Waals surface area contributed by atoms with Gasteiger partial charge in [-0.2, -0.15) is 0 Å². The van der Waals surface area contributed by atoms with Gasteiger partial charge in [-0.25, -0.2) is 0 Å². The quantitative estimate of drug-likeness (QED) is 0.593. The van der Waals surface area contributed by atoms with Crippen molar-refractivity contribution in [1.82, 2.24) is 0 Å². The van der Waals surface area contributed by atoms with Crippen molar-refractivity contribution in [3.63, 3.8) is 0 Å². The zero-order chi connectivity index (χ0) is 13.0. The van der Waals surface area contributed by atoms with Crippen molar-refractivity contribution < 1.29 is 4.21 Å². The molecule has 0 N–H and O–H groups in total. The summed E-state index contributed by atoms with van der Waals surface area (Å²) < 4.78 is 14.6. The molecule has 2 aromatic rings. The molecule has 2 aromatic carbocycles. The van der Waals surface area contributed by atoms with Gasteiger partial charge < -0.3 is 0 Å². The molecule has 0 atom stereocenters. The van der Waals surface area contributed by atoms with Gasteiger partial charge in [0.2, 0.25) is 0 Å². The van der Waals surface area contributed by atoms with Gasteiger partial charge in [0.1, 0.15) is 0 Å².